The highest BCUT2D eigenvalue weighted by Gasteiger charge is 2.14. The van der Waals surface area contributed by atoms with Crippen LogP contribution in [0, 0.1) is 12.7 Å². The largest absolute Gasteiger partial charge is 0.507 e. The third kappa shape index (κ3) is 3.20. The van der Waals surface area contributed by atoms with Gasteiger partial charge in [-0.05, 0) is 26.0 Å². The SMILES string of the molecule is CC(=NNC(=O)c1ccccc1F)c1c(O)cc(C)oc1=O. The van der Waals surface area contributed by atoms with Crippen molar-refractivity contribution in [1.82, 2.24) is 5.43 Å². The monoisotopic (exact) mass is 304 g/mol. The lowest BCUT2D eigenvalue weighted by molar-refractivity contribution is 0.0950. The number of aryl methyl sites for hydroxylation is 1. The van der Waals surface area contributed by atoms with E-state index in [9.17, 15) is 19.1 Å². The molecular formula is C15H13FN2O4. The predicted molar refractivity (Wildman–Crippen MR) is 77.5 cm³/mol. The summed E-state index contributed by atoms with van der Waals surface area (Å²) >= 11 is 0. The number of amides is 1. The van der Waals surface area contributed by atoms with E-state index in [1.807, 2.05) is 0 Å². The van der Waals surface area contributed by atoms with E-state index in [0.717, 1.165) is 6.07 Å². The number of carbonyl (C=O) groups is 1. The predicted octanol–water partition coefficient (Wildman–Crippen LogP) is 1.95. The van der Waals surface area contributed by atoms with E-state index in [4.69, 9.17) is 4.42 Å². The summed E-state index contributed by atoms with van der Waals surface area (Å²) in [4.78, 5) is 23.5. The normalized spacial score (nSPS) is 11.3. The van der Waals surface area contributed by atoms with Crippen LogP contribution in [0.5, 0.6) is 5.75 Å². The number of aromatic hydroxyl groups is 1. The first-order valence-electron chi connectivity index (χ1n) is 6.33. The van der Waals surface area contributed by atoms with Gasteiger partial charge < -0.3 is 9.52 Å². The topological polar surface area (TPSA) is 91.9 Å². The zero-order chi connectivity index (χ0) is 16.3. The maximum absolute atomic E-state index is 13.4. The van der Waals surface area contributed by atoms with Gasteiger partial charge in [-0.15, -0.1) is 0 Å². The number of rotatable bonds is 3. The first-order valence-corrected chi connectivity index (χ1v) is 6.33. The third-order valence-corrected chi connectivity index (χ3v) is 2.86. The average Bonchev–Trinajstić information content (AvgIpc) is 2.44. The maximum atomic E-state index is 13.4. The lowest BCUT2D eigenvalue weighted by Gasteiger charge is -2.05. The highest BCUT2D eigenvalue weighted by molar-refractivity contribution is 6.02. The Bertz CT molecular complexity index is 811. The van der Waals surface area contributed by atoms with Crippen molar-refractivity contribution >= 4 is 11.6 Å². The molecule has 0 atom stereocenters. The molecule has 7 heteroatoms. The second-order valence-electron chi connectivity index (χ2n) is 4.52. The van der Waals surface area contributed by atoms with Crippen LogP contribution < -0.4 is 11.1 Å². The number of benzene rings is 1. The zero-order valence-corrected chi connectivity index (χ0v) is 11.9. The van der Waals surface area contributed by atoms with Crippen molar-refractivity contribution in [2.45, 2.75) is 13.8 Å². The molecule has 0 saturated heterocycles. The van der Waals surface area contributed by atoms with Gasteiger partial charge >= 0.3 is 5.63 Å². The highest BCUT2D eigenvalue weighted by atomic mass is 19.1. The number of hydrazone groups is 1. The number of hydrogen-bond acceptors (Lipinski definition) is 5. The molecular weight excluding hydrogens is 291 g/mol. The van der Waals surface area contributed by atoms with Crippen LogP contribution >= 0.6 is 0 Å². The molecule has 114 valence electrons. The summed E-state index contributed by atoms with van der Waals surface area (Å²) in [5.74, 6) is -1.52. The van der Waals surface area contributed by atoms with Gasteiger partial charge in [0.15, 0.2) is 0 Å². The van der Waals surface area contributed by atoms with Gasteiger partial charge in [-0.25, -0.2) is 14.6 Å². The van der Waals surface area contributed by atoms with Crippen LogP contribution in [0.4, 0.5) is 4.39 Å². The Balaban J connectivity index is 2.26. The molecule has 6 nitrogen and oxygen atoms in total. The molecule has 0 bridgehead atoms. The fourth-order valence-electron chi connectivity index (χ4n) is 1.83. The second-order valence-corrected chi connectivity index (χ2v) is 4.52. The fourth-order valence-corrected chi connectivity index (χ4v) is 1.83. The minimum atomic E-state index is -0.779. The Hall–Kier alpha value is -2.96. The van der Waals surface area contributed by atoms with Gasteiger partial charge in [-0.3, -0.25) is 4.79 Å². The van der Waals surface area contributed by atoms with Gasteiger partial charge in [0.25, 0.3) is 5.91 Å². The number of carbonyl (C=O) groups excluding carboxylic acids is 1. The first-order chi connectivity index (χ1) is 10.4. The van der Waals surface area contributed by atoms with E-state index >= 15 is 0 Å². The van der Waals surface area contributed by atoms with Crippen LogP contribution in [0.25, 0.3) is 0 Å². The van der Waals surface area contributed by atoms with Crippen molar-refractivity contribution in [2.24, 2.45) is 5.10 Å². The smallest absolute Gasteiger partial charge is 0.348 e. The van der Waals surface area contributed by atoms with E-state index in [2.05, 4.69) is 10.5 Å². The molecule has 0 unspecified atom stereocenters. The molecule has 1 amide bonds. The molecule has 1 aromatic carbocycles. The molecule has 0 aliphatic carbocycles. The second kappa shape index (κ2) is 6.21. The standard InChI is InChI=1S/C15H13FN2O4/c1-8-7-12(19)13(15(21)22-8)9(2)17-18-14(20)10-5-3-4-6-11(10)16/h3-7,19H,1-2H3,(H,18,20). The van der Waals surface area contributed by atoms with E-state index in [0.29, 0.717) is 0 Å². The number of nitrogens with one attached hydrogen (secondary N) is 1. The van der Waals surface area contributed by atoms with Gasteiger partial charge in [0.1, 0.15) is 22.9 Å². The molecule has 22 heavy (non-hydrogen) atoms. The molecule has 0 spiro atoms. The van der Waals surface area contributed by atoms with Crippen LogP contribution in [-0.2, 0) is 0 Å². The van der Waals surface area contributed by atoms with Crippen molar-refractivity contribution in [3.8, 4) is 5.75 Å². The van der Waals surface area contributed by atoms with E-state index < -0.39 is 17.3 Å². The first kappa shape index (κ1) is 15.4. The molecule has 0 fully saturated rings. The molecule has 0 aliphatic rings. The Labute approximate surface area is 124 Å². The van der Waals surface area contributed by atoms with Crippen LogP contribution in [0.15, 0.2) is 44.6 Å². The third-order valence-electron chi connectivity index (χ3n) is 2.86. The summed E-state index contributed by atoms with van der Waals surface area (Å²) in [6, 6.07) is 6.67. The Morgan fingerprint density at radius 3 is 2.68 bits per heavy atom. The molecule has 1 aromatic heterocycles. The Kier molecular flexibility index (Phi) is 4.36. The molecule has 0 aliphatic heterocycles. The molecule has 1 heterocycles. The van der Waals surface area contributed by atoms with E-state index in [1.165, 1.54) is 38.1 Å². The van der Waals surface area contributed by atoms with Gasteiger partial charge in [-0.2, -0.15) is 5.10 Å². The molecule has 2 aromatic rings. The Morgan fingerprint density at radius 2 is 2.05 bits per heavy atom. The highest BCUT2D eigenvalue weighted by Crippen LogP contribution is 2.15. The lowest BCUT2D eigenvalue weighted by Crippen LogP contribution is -2.22. The average molecular weight is 304 g/mol. The summed E-state index contributed by atoms with van der Waals surface area (Å²) in [5.41, 5.74) is 1.04. The quantitative estimate of drug-likeness (QED) is 0.669. The number of nitrogens with zero attached hydrogens (tertiary/aromatic N) is 1. The van der Waals surface area contributed by atoms with Crippen molar-refractivity contribution in [2.75, 3.05) is 0 Å². The van der Waals surface area contributed by atoms with E-state index in [1.54, 1.807) is 0 Å². The van der Waals surface area contributed by atoms with Gasteiger partial charge in [0.05, 0.1) is 11.3 Å². The minimum Gasteiger partial charge on any atom is -0.507 e. The van der Waals surface area contributed by atoms with Gasteiger partial charge in [-0.1, -0.05) is 12.1 Å². The Morgan fingerprint density at radius 1 is 1.36 bits per heavy atom. The van der Waals surface area contributed by atoms with Crippen LogP contribution in [0.1, 0.15) is 28.6 Å². The molecule has 0 saturated carbocycles. The maximum Gasteiger partial charge on any atom is 0.348 e. The fraction of sp³-hybridized carbons (Fsp3) is 0.133. The van der Waals surface area contributed by atoms with Crippen LogP contribution in [0.2, 0.25) is 0 Å². The van der Waals surface area contributed by atoms with Crippen molar-refractivity contribution < 1.29 is 18.7 Å². The summed E-state index contributed by atoms with van der Waals surface area (Å²) in [6.07, 6.45) is 0. The van der Waals surface area contributed by atoms with Crippen LogP contribution in [0.3, 0.4) is 0 Å². The van der Waals surface area contributed by atoms with E-state index in [-0.39, 0.29) is 28.3 Å². The summed E-state index contributed by atoms with van der Waals surface area (Å²) in [7, 11) is 0. The minimum absolute atomic E-state index is 0.0379. The van der Waals surface area contributed by atoms with Gasteiger partial charge in [0, 0.05) is 6.07 Å². The van der Waals surface area contributed by atoms with Crippen molar-refractivity contribution in [3.63, 3.8) is 0 Å². The number of hydrogen-bond donors (Lipinski definition) is 2. The van der Waals surface area contributed by atoms with Crippen molar-refractivity contribution in [1.29, 1.82) is 0 Å². The van der Waals surface area contributed by atoms with Crippen molar-refractivity contribution in [3.05, 3.63) is 63.5 Å². The molecule has 2 N–H and O–H groups in total. The molecule has 2 rings (SSSR count). The lowest BCUT2D eigenvalue weighted by atomic mass is 10.2. The zero-order valence-electron chi connectivity index (χ0n) is 11.9. The van der Waals surface area contributed by atoms with Crippen LogP contribution in [-0.4, -0.2) is 16.7 Å². The molecule has 0 radical (unpaired) electrons. The number of halogens is 1. The summed E-state index contributed by atoms with van der Waals surface area (Å²) < 4.78 is 18.3. The summed E-state index contributed by atoms with van der Waals surface area (Å²) in [6.45, 7) is 2.92. The summed E-state index contributed by atoms with van der Waals surface area (Å²) in [5, 5.41) is 13.4. The van der Waals surface area contributed by atoms with Gasteiger partial charge in [0.2, 0.25) is 0 Å².